The maximum absolute atomic E-state index is 12.1. The van der Waals surface area contributed by atoms with Crippen molar-refractivity contribution >= 4 is 23.7 Å². The second-order valence-electron chi connectivity index (χ2n) is 6.08. The number of methoxy groups -OCH3 is 1. The number of esters is 1. The number of alkyl carbamates (subject to hydrolysis) is 1. The van der Waals surface area contributed by atoms with Gasteiger partial charge in [-0.2, -0.15) is 0 Å². The Labute approximate surface area is 140 Å². The van der Waals surface area contributed by atoms with Gasteiger partial charge in [-0.3, -0.25) is 4.79 Å². The Hall–Kier alpha value is -2.77. The summed E-state index contributed by atoms with van der Waals surface area (Å²) in [6, 6.07) is 2.98. The van der Waals surface area contributed by atoms with Crippen molar-refractivity contribution in [2.75, 3.05) is 12.4 Å². The quantitative estimate of drug-likeness (QED) is 0.572. The lowest BCUT2D eigenvalue weighted by Crippen LogP contribution is -2.44. The fourth-order valence-corrected chi connectivity index (χ4v) is 1.67. The van der Waals surface area contributed by atoms with E-state index < -0.39 is 29.6 Å². The number of nitrogens with one attached hydrogen (secondary N) is 2. The van der Waals surface area contributed by atoms with E-state index in [2.05, 4.69) is 15.4 Å². The highest BCUT2D eigenvalue weighted by molar-refractivity contribution is 5.99. The number of aromatic hydroxyl groups is 1. The molecule has 0 aromatic heterocycles. The lowest BCUT2D eigenvalue weighted by Gasteiger charge is -2.21. The number of benzene rings is 1. The zero-order valence-corrected chi connectivity index (χ0v) is 14.3. The topological polar surface area (TPSA) is 114 Å². The van der Waals surface area contributed by atoms with Crippen LogP contribution in [-0.2, 0) is 14.3 Å². The molecule has 132 valence electrons. The molecular weight excluding hydrogens is 316 g/mol. The molecule has 1 atom stereocenters. The highest BCUT2D eigenvalue weighted by Crippen LogP contribution is 2.24. The van der Waals surface area contributed by atoms with E-state index in [1.165, 1.54) is 32.2 Å². The van der Waals surface area contributed by atoms with Gasteiger partial charge in [-0.1, -0.05) is 0 Å². The van der Waals surface area contributed by atoms with Crippen LogP contribution in [0.1, 0.15) is 38.1 Å². The first-order valence-corrected chi connectivity index (χ1v) is 7.25. The van der Waals surface area contributed by atoms with Gasteiger partial charge in [0.25, 0.3) is 0 Å². The Morgan fingerprint density at radius 2 is 1.83 bits per heavy atom. The monoisotopic (exact) mass is 338 g/mol. The smallest absolute Gasteiger partial charge is 0.408 e. The van der Waals surface area contributed by atoms with Gasteiger partial charge < -0.3 is 25.2 Å². The normalized spacial score (nSPS) is 12.0. The molecule has 0 saturated carbocycles. The predicted octanol–water partition coefficient (Wildman–Crippen LogP) is 2.03. The van der Waals surface area contributed by atoms with E-state index in [1.807, 2.05) is 0 Å². The molecule has 8 nitrogen and oxygen atoms in total. The van der Waals surface area contributed by atoms with Crippen LogP contribution in [0.3, 0.4) is 0 Å². The van der Waals surface area contributed by atoms with E-state index in [9.17, 15) is 19.5 Å². The third kappa shape index (κ3) is 5.79. The standard InChI is InChI=1S/C16H22N2O6/c1-9(17-15(22)24-16(2,3)4)13(20)18-11-8-10(14(21)23-5)6-7-12(11)19/h6-9,19H,1-5H3,(H,17,22)(H,18,20). The number of anilines is 1. The van der Waals surface area contributed by atoms with Crippen molar-refractivity contribution in [3.8, 4) is 5.75 Å². The maximum Gasteiger partial charge on any atom is 0.408 e. The van der Waals surface area contributed by atoms with E-state index >= 15 is 0 Å². The van der Waals surface area contributed by atoms with Gasteiger partial charge in [0.1, 0.15) is 17.4 Å². The number of carbonyl (C=O) groups is 3. The Morgan fingerprint density at radius 3 is 2.38 bits per heavy atom. The molecule has 8 heteroatoms. The van der Waals surface area contributed by atoms with Crippen molar-refractivity contribution in [2.45, 2.75) is 39.3 Å². The Kier molecular flexibility index (Phi) is 6.16. The van der Waals surface area contributed by atoms with Gasteiger partial charge in [-0.25, -0.2) is 9.59 Å². The van der Waals surface area contributed by atoms with Crippen LogP contribution in [0.25, 0.3) is 0 Å². The summed E-state index contributed by atoms with van der Waals surface area (Å²) in [5.41, 5.74) is -0.494. The van der Waals surface area contributed by atoms with Crippen molar-refractivity contribution in [1.82, 2.24) is 5.32 Å². The Bertz CT molecular complexity index is 636. The van der Waals surface area contributed by atoms with E-state index in [1.54, 1.807) is 20.8 Å². The van der Waals surface area contributed by atoms with Gasteiger partial charge in [-0.15, -0.1) is 0 Å². The molecule has 1 aromatic carbocycles. The summed E-state index contributed by atoms with van der Waals surface area (Å²) in [5, 5.41) is 14.6. The zero-order chi connectivity index (χ0) is 18.5. The van der Waals surface area contributed by atoms with E-state index in [0.29, 0.717) is 0 Å². The summed E-state index contributed by atoms with van der Waals surface area (Å²) in [6.07, 6.45) is -0.738. The molecular formula is C16H22N2O6. The van der Waals surface area contributed by atoms with Crippen LogP contribution in [0.5, 0.6) is 5.75 Å². The first kappa shape index (κ1) is 19.3. The molecule has 1 rings (SSSR count). The average Bonchev–Trinajstić information content (AvgIpc) is 2.46. The highest BCUT2D eigenvalue weighted by atomic mass is 16.6. The number of rotatable bonds is 4. The molecule has 0 fully saturated rings. The first-order chi connectivity index (χ1) is 11.0. The molecule has 0 saturated heterocycles. The third-order valence-corrected chi connectivity index (χ3v) is 2.80. The summed E-state index contributed by atoms with van der Waals surface area (Å²) >= 11 is 0. The molecule has 3 N–H and O–H groups in total. The molecule has 24 heavy (non-hydrogen) atoms. The lowest BCUT2D eigenvalue weighted by atomic mass is 10.1. The highest BCUT2D eigenvalue weighted by Gasteiger charge is 2.22. The minimum atomic E-state index is -0.916. The van der Waals surface area contributed by atoms with Gasteiger partial charge in [0.15, 0.2) is 0 Å². The maximum atomic E-state index is 12.1. The van der Waals surface area contributed by atoms with Crippen LogP contribution < -0.4 is 10.6 Å². The van der Waals surface area contributed by atoms with E-state index in [0.717, 1.165) is 0 Å². The third-order valence-electron chi connectivity index (χ3n) is 2.80. The summed E-state index contributed by atoms with van der Waals surface area (Å²) in [4.78, 5) is 35.2. The molecule has 0 bridgehead atoms. The van der Waals surface area contributed by atoms with Crippen LogP contribution in [0, 0.1) is 0 Å². The zero-order valence-electron chi connectivity index (χ0n) is 14.3. The van der Waals surface area contributed by atoms with E-state index in [-0.39, 0.29) is 17.0 Å². The second-order valence-corrected chi connectivity index (χ2v) is 6.08. The molecule has 0 radical (unpaired) electrons. The molecule has 0 aliphatic carbocycles. The molecule has 0 heterocycles. The Balaban J connectivity index is 2.76. The van der Waals surface area contributed by atoms with Crippen molar-refractivity contribution < 1.29 is 29.0 Å². The van der Waals surface area contributed by atoms with Gasteiger partial charge >= 0.3 is 12.1 Å². The number of hydrogen-bond donors (Lipinski definition) is 3. The van der Waals surface area contributed by atoms with Crippen LogP contribution in [0.2, 0.25) is 0 Å². The van der Waals surface area contributed by atoms with E-state index in [4.69, 9.17) is 4.74 Å². The molecule has 1 aromatic rings. The van der Waals surface area contributed by atoms with Crippen molar-refractivity contribution in [3.63, 3.8) is 0 Å². The van der Waals surface area contributed by atoms with Gasteiger partial charge in [0, 0.05) is 0 Å². The van der Waals surface area contributed by atoms with Crippen molar-refractivity contribution in [1.29, 1.82) is 0 Å². The van der Waals surface area contributed by atoms with Crippen LogP contribution in [-0.4, -0.2) is 41.8 Å². The number of phenolic OH excluding ortho intramolecular Hbond substituents is 1. The number of phenols is 1. The van der Waals surface area contributed by atoms with Crippen LogP contribution in [0.4, 0.5) is 10.5 Å². The van der Waals surface area contributed by atoms with Crippen molar-refractivity contribution in [3.05, 3.63) is 23.8 Å². The number of amides is 2. The largest absolute Gasteiger partial charge is 0.506 e. The van der Waals surface area contributed by atoms with Gasteiger partial charge in [0.2, 0.25) is 5.91 Å². The second kappa shape index (κ2) is 7.67. The number of ether oxygens (including phenoxy) is 2. The minimum Gasteiger partial charge on any atom is -0.506 e. The van der Waals surface area contributed by atoms with Crippen LogP contribution >= 0.6 is 0 Å². The molecule has 2 amide bonds. The summed E-state index contributed by atoms with van der Waals surface area (Å²) < 4.78 is 9.63. The first-order valence-electron chi connectivity index (χ1n) is 7.25. The fourth-order valence-electron chi connectivity index (χ4n) is 1.67. The summed E-state index contributed by atoms with van der Waals surface area (Å²) in [6.45, 7) is 6.56. The minimum absolute atomic E-state index is 0.0285. The average molecular weight is 338 g/mol. The van der Waals surface area contributed by atoms with Crippen molar-refractivity contribution in [2.24, 2.45) is 0 Å². The molecule has 0 aliphatic rings. The number of carbonyl (C=O) groups excluding carboxylic acids is 3. The Morgan fingerprint density at radius 1 is 1.21 bits per heavy atom. The van der Waals surface area contributed by atoms with Gasteiger partial charge in [-0.05, 0) is 45.9 Å². The fraction of sp³-hybridized carbons (Fsp3) is 0.438. The SMILES string of the molecule is COC(=O)c1ccc(O)c(NC(=O)C(C)NC(=O)OC(C)(C)C)c1. The molecule has 0 spiro atoms. The lowest BCUT2D eigenvalue weighted by molar-refractivity contribution is -0.117. The summed E-state index contributed by atoms with van der Waals surface area (Å²) in [5.74, 6) is -1.41. The molecule has 1 unspecified atom stereocenters. The molecule has 0 aliphatic heterocycles. The summed E-state index contributed by atoms with van der Waals surface area (Å²) in [7, 11) is 1.22. The number of hydrogen-bond acceptors (Lipinski definition) is 6. The van der Waals surface area contributed by atoms with Crippen LogP contribution in [0.15, 0.2) is 18.2 Å². The van der Waals surface area contributed by atoms with Gasteiger partial charge in [0.05, 0.1) is 18.4 Å². The predicted molar refractivity (Wildman–Crippen MR) is 86.9 cm³/mol.